The Morgan fingerprint density at radius 3 is 2.29 bits per heavy atom. The van der Waals surface area contributed by atoms with E-state index in [9.17, 15) is 4.79 Å². The van der Waals surface area contributed by atoms with E-state index in [-0.39, 0.29) is 5.69 Å². The lowest BCUT2D eigenvalue weighted by atomic mass is 10.1. The third-order valence-corrected chi connectivity index (χ3v) is 5.01. The van der Waals surface area contributed by atoms with Crippen LogP contribution in [0.15, 0.2) is 41.8 Å². The van der Waals surface area contributed by atoms with E-state index in [4.69, 9.17) is 19.3 Å². The van der Waals surface area contributed by atoms with Gasteiger partial charge in [0.05, 0.1) is 12.7 Å². The minimum Gasteiger partial charge on any atom is -0.493 e. The molecule has 0 saturated carbocycles. The van der Waals surface area contributed by atoms with Gasteiger partial charge in [0.25, 0.3) is 0 Å². The monoisotopic (exact) mass is 399 g/mol. The second-order valence-electron chi connectivity index (χ2n) is 6.10. The third-order valence-electron chi connectivity index (χ3n) is 4.14. The van der Waals surface area contributed by atoms with Crippen molar-refractivity contribution in [3.63, 3.8) is 0 Å². The Kier molecular flexibility index (Phi) is 6.16. The van der Waals surface area contributed by atoms with Crippen LogP contribution in [0.25, 0.3) is 10.6 Å². The van der Waals surface area contributed by atoms with Gasteiger partial charge in [-0.1, -0.05) is 24.3 Å². The van der Waals surface area contributed by atoms with Crippen LogP contribution in [0.4, 0.5) is 0 Å². The number of aromatic nitrogens is 1. The van der Waals surface area contributed by atoms with Gasteiger partial charge in [0, 0.05) is 5.38 Å². The van der Waals surface area contributed by atoms with Crippen LogP contribution in [0, 0.1) is 13.8 Å². The molecule has 28 heavy (non-hydrogen) atoms. The molecule has 0 aliphatic heterocycles. The summed E-state index contributed by atoms with van der Waals surface area (Å²) in [4.78, 5) is 15.3. The Labute approximate surface area is 167 Å². The maximum Gasteiger partial charge on any atom is 0.355 e. The van der Waals surface area contributed by atoms with E-state index in [1.807, 2.05) is 44.2 Å². The predicted molar refractivity (Wildman–Crippen MR) is 108 cm³/mol. The van der Waals surface area contributed by atoms with E-state index >= 15 is 0 Å². The summed E-state index contributed by atoms with van der Waals surface area (Å²) < 4.78 is 17.3. The number of nitrogens with zero attached hydrogens (tertiary/aromatic N) is 1. The molecule has 0 aliphatic carbocycles. The van der Waals surface area contributed by atoms with Crippen LogP contribution in [-0.4, -0.2) is 36.4 Å². The van der Waals surface area contributed by atoms with Crippen molar-refractivity contribution in [3.05, 3.63) is 58.6 Å². The van der Waals surface area contributed by atoms with Gasteiger partial charge in [-0.25, -0.2) is 9.78 Å². The smallest absolute Gasteiger partial charge is 0.355 e. The number of carbonyl (C=O) groups is 1. The van der Waals surface area contributed by atoms with Crippen LogP contribution in [0.3, 0.4) is 0 Å². The minimum atomic E-state index is -1.06. The highest BCUT2D eigenvalue weighted by atomic mass is 32.1. The number of aryl methyl sites for hydroxylation is 2. The average molecular weight is 399 g/mol. The Balaban J connectivity index is 1.76. The number of carboxylic acid groups (broad SMARTS) is 1. The van der Waals surface area contributed by atoms with Crippen LogP contribution < -0.4 is 14.2 Å². The van der Waals surface area contributed by atoms with E-state index in [0.717, 1.165) is 16.9 Å². The summed E-state index contributed by atoms with van der Waals surface area (Å²) in [5.41, 5.74) is 2.83. The Morgan fingerprint density at radius 2 is 1.68 bits per heavy atom. The first-order chi connectivity index (χ1) is 13.5. The zero-order valence-electron chi connectivity index (χ0n) is 15.9. The highest BCUT2D eigenvalue weighted by Crippen LogP contribution is 2.39. The number of hydrogen-bond donors (Lipinski definition) is 1. The second-order valence-corrected chi connectivity index (χ2v) is 6.96. The number of ether oxygens (including phenoxy) is 3. The summed E-state index contributed by atoms with van der Waals surface area (Å²) >= 11 is 1.25. The van der Waals surface area contributed by atoms with E-state index in [0.29, 0.717) is 35.3 Å². The number of thiazole rings is 1. The first-order valence-corrected chi connectivity index (χ1v) is 9.57. The van der Waals surface area contributed by atoms with Crippen molar-refractivity contribution in [2.45, 2.75) is 13.8 Å². The molecule has 0 saturated heterocycles. The molecule has 0 aliphatic rings. The molecule has 0 amide bonds. The molecule has 1 aromatic heterocycles. The molecule has 1 heterocycles. The summed E-state index contributed by atoms with van der Waals surface area (Å²) in [7, 11) is 1.56. The number of aromatic carboxylic acids is 1. The normalized spacial score (nSPS) is 10.5. The summed E-state index contributed by atoms with van der Waals surface area (Å²) in [6, 6.07) is 11.4. The number of carboxylic acids is 1. The zero-order chi connectivity index (χ0) is 20.1. The molecule has 0 unspecified atom stereocenters. The van der Waals surface area contributed by atoms with Crippen LogP contribution in [-0.2, 0) is 0 Å². The molecule has 0 fully saturated rings. The molecule has 146 valence electrons. The van der Waals surface area contributed by atoms with Gasteiger partial charge in [-0.15, -0.1) is 11.3 Å². The van der Waals surface area contributed by atoms with Crippen LogP contribution >= 0.6 is 11.3 Å². The molecular weight excluding hydrogens is 378 g/mol. The lowest BCUT2D eigenvalue weighted by molar-refractivity contribution is 0.0691. The zero-order valence-corrected chi connectivity index (χ0v) is 16.7. The first kappa shape index (κ1) is 19.7. The van der Waals surface area contributed by atoms with E-state index < -0.39 is 5.97 Å². The van der Waals surface area contributed by atoms with Crippen molar-refractivity contribution < 1.29 is 24.1 Å². The highest BCUT2D eigenvalue weighted by molar-refractivity contribution is 7.13. The Bertz CT molecular complexity index is 962. The topological polar surface area (TPSA) is 77.9 Å². The molecule has 0 spiro atoms. The third kappa shape index (κ3) is 4.26. The van der Waals surface area contributed by atoms with Gasteiger partial charge in [0.2, 0.25) is 0 Å². The maximum absolute atomic E-state index is 11.1. The summed E-state index contributed by atoms with van der Waals surface area (Å²) in [6.45, 7) is 4.67. The molecule has 2 aromatic carbocycles. The van der Waals surface area contributed by atoms with Gasteiger partial charge < -0.3 is 19.3 Å². The van der Waals surface area contributed by atoms with Gasteiger partial charge in [-0.2, -0.15) is 0 Å². The second kappa shape index (κ2) is 8.75. The predicted octanol–water partition coefficient (Wildman–Crippen LogP) is 4.59. The average Bonchev–Trinajstić information content (AvgIpc) is 3.17. The molecule has 3 rings (SSSR count). The van der Waals surface area contributed by atoms with Gasteiger partial charge in [-0.3, -0.25) is 0 Å². The highest BCUT2D eigenvalue weighted by Gasteiger charge is 2.17. The van der Waals surface area contributed by atoms with Crippen molar-refractivity contribution in [2.24, 2.45) is 0 Å². The Hall–Kier alpha value is -3.06. The van der Waals surface area contributed by atoms with Gasteiger partial charge in [-0.05, 0) is 37.1 Å². The molecule has 0 atom stereocenters. The SMILES string of the molecule is COc1cccc(-c2nc(C(=O)O)cs2)c1OCCOc1c(C)cccc1C. The van der Waals surface area contributed by atoms with Crippen molar-refractivity contribution in [1.29, 1.82) is 0 Å². The molecule has 0 radical (unpaired) electrons. The first-order valence-electron chi connectivity index (χ1n) is 8.69. The summed E-state index contributed by atoms with van der Waals surface area (Å²) in [5, 5.41) is 11.2. The minimum absolute atomic E-state index is 0.00660. The molecule has 6 nitrogen and oxygen atoms in total. The molecular formula is C21H21NO5S. The van der Waals surface area contributed by atoms with E-state index in [1.165, 1.54) is 16.7 Å². The van der Waals surface area contributed by atoms with Crippen molar-refractivity contribution >= 4 is 17.3 Å². The number of benzene rings is 2. The van der Waals surface area contributed by atoms with Gasteiger partial charge in [0.15, 0.2) is 17.2 Å². The summed E-state index contributed by atoms with van der Waals surface area (Å²) in [6.07, 6.45) is 0. The number of para-hydroxylation sites is 2. The fraction of sp³-hybridized carbons (Fsp3) is 0.238. The van der Waals surface area contributed by atoms with Gasteiger partial charge >= 0.3 is 5.97 Å². The maximum atomic E-state index is 11.1. The number of hydrogen-bond acceptors (Lipinski definition) is 6. The van der Waals surface area contributed by atoms with E-state index in [2.05, 4.69) is 4.98 Å². The molecule has 7 heteroatoms. The number of rotatable bonds is 8. The fourth-order valence-corrected chi connectivity index (χ4v) is 3.62. The molecule has 3 aromatic rings. The standard InChI is InChI=1S/C21H21NO5S/c1-13-6-4-7-14(2)18(13)26-10-11-27-19-15(8-5-9-17(19)25-3)20-22-16(12-28-20)21(23)24/h4-9,12H,10-11H2,1-3H3,(H,23,24). The summed E-state index contributed by atoms with van der Waals surface area (Å²) in [5.74, 6) is 0.866. The van der Waals surface area contributed by atoms with Crippen molar-refractivity contribution in [2.75, 3.05) is 20.3 Å². The van der Waals surface area contributed by atoms with Crippen LogP contribution in [0.5, 0.6) is 17.2 Å². The Morgan fingerprint density at radius 1 is 1.04 bits per heavy atom. The molecule has 0 bridgehead atoms. The number of methoxy groups -OCH3 is 1. The molecule has 1 N–H and O–H groups in total. The van der Waals surface area contributed by atoms with Crippen molar-refractivity contribution in [3.8, 4) is 27.8 Å². The van der Waals surface area contributed by atoms with Crippen LogP contribution in [0.2, 0.25) is 0 Å². The largest absolute Gasteiger partial charge is 0.493 e. The van der Waals surface area contributed by atoms with E-state index in [1.54, 1.807) is 13.2 Å². The van der Waals surface area contributed by atoms with Crippen molar-refractivity contribution in [1.82, 2.24) is 4.98 Å². The van der Waals surface area contributed by atoms with Gasteiger partial charge in [0.1, 0.15) is 24.0 Å². The lowest BCUT2D eigenvalue weighted by Crippen LogP contribution is -2.11. The van der Waals surface area contributed by atoms with Crippen LogP contribution in [0.1, 0.15) is 21.6 Å². The fourth-order valence-electron chi connectivity index (χ4n) is 2.80. The lowest BCUT2D eigenvalue weighted by Gasteiger charge is -2.15. The quantitative estimate of drug-likeness (QED) is 0.558.